The van der Waals surface area contributed by atoms with Crippen molar-refractivity contribution in [2.24, 2.45) is 0 Å². The number of carbonyl (C=O) groups is 1. The molecule has 25 heavy (non-hydrogen) atoms. The van der Waals surface area contributed by atoms with Gasteiger partial charge in [-0.05, 0) is 42.5 Å². The summed E-state index contributed by atoms with van der Waals surface area (Å²) in [5.41, 5.74) is 1.32. The van der Waals surface area contributed by atoms with Crippen LogP contribution in [0.3, 0.4) is 0 Å². The van der Waals surface area contributed by atoms with Crippen LogP contribution in [0.4, 0.5) is 10.1 Å². The minimum absolute atomic E-state index is 0.0955. The third kappa shape index (κ3) is 3.13. The maximum absolute atomic E-state index is 13.4. The van der Waals surface area contributed by atoms with Gasteiger partial charge < -0.3 is 9.42 Å². The molecule has 1 aromatic heterocycles. The largest absolute Gasteiger partial charge is 0.339 e. The number of rotatable bonds is 3. The van der Waals surface area contributed by atoms with E-state index in [9.17, 15) is 9.18 Å². The van der Waals surface area contributed by atoms with Gasteiger partial charge in [-0.1, -0.05) is 22.8 Å². The Hall–Kier alpha value is -2.73. The van der Waals surface area contributed by atoms with E-state index >= 15 is 0 Å². The number of carbonyl (C=O) groups excluding carboxylic acids is 1. The zero-order valence-corrected chi connectivity index (χ0v) is 13.8. The van der Waals surface area contributed by atoms with Gasteiger partial charge in [0.2, 0.25) is 17.6 Å². The van der Waals surface area contributed by atoms with Crippen molar-refractivity contribution in [3.05, 3.63) is 65.3 Å². The summed E-state index contributed by atoms with van der Waals surface area (Å²) in [6.45, 7) is 0.380. The normalized spacial score (nSPS) is 17.3. The standard InChI is InChI=1S/C18H13ClFN3O2/c19-13-6-4-11(5-7-13)17-21-18(25-22-17)12-8-16(24)23(10-12)15-3-1-2-14(20)9-15/h1-7,9,12H,8,10H2. The Morgan fingerprint density at radius 1 is 1.20 bits per heavy atom. The minimum atomic E-state index is -0.378. The van der Waals surface area contributed by atoms with E-state index in [0.717, 1.165) is 5.56 Å². The molecule has 1 fully saturated rings. The second kappa shape index (κ2) is 6.29. The summed E-state index contributed by atoms with van der Waals surface area (Å²) in [7, 11) is 0. The molecule has 1 amide bonds. The Kier molecular flexibility index (Phi) is 3.97. The molecule has 7 heteroatoms. The first-order chi connectivity index (χ1) is 12.1. The molecule has 2 aromatic carbocycles. The van der Waals surface area contributed by atoms with Crippen LogP contribution in [-0.2, 0) is 4.79 Å². The molecule has 0 saturated carbocycles. The highest BCUT2D eigenvalue weighted by Gasteiger charge is 2.35. The van der Waals surface area contributed by atoms with Gasteiger partial charge in [0.05, 0.1) is 5.92 Å². The van der Waals surface area contributed by atoms with E-state index in [4.69, 9.17) is 16.1 Å². The zero-order chi connectivity index (χ0) is 17.4. The molecule has 1 saturated heterocycles. The smallest absolute Gasteiger partial charge is 0.232 e. The molecule has 0 radical (unpaired) electrons. The minimum Gasteiger partial charge on any atom is -0.339 e. The van der Waals surface area contributed by atoms with Crippen LogP contribution in [0, 0.1) is 5.82 Å². The Bertz CT molecular complexity index is 926. The predicted octanol–water partition coefficient (Wildman–Crippen LogP) is 4.05. The molecule has 3 aromatic rings. The lowest BCUT2D eigenvalue weighted by molar-refractivity contribution is -0.117. The molecular formula is C18H13ClFN3O2. The Morgan fingerprint density at radius 3 is 2.76 bits per heavy atom. The number of anilines is 1. The fourth-order valence-electron chi connectivity index (χ4n) is 2.88. The average molecular weight is 358 g/mol. The van der Waals surface area contributed by atoms with Crippen molar-refractivity contribution in [3.8, 4) is 11.4 Å². The number of amides is 1. The first kappa shape index (κ1) is 15.8. The van der Waals surface area contributed by atoms with Crippen molar-refractivity contribution in [2.45, 2.75) is 12.3 Å². The van der Waals surface area contributed by atoms with Gasteiger partial charge in [-0.15, -0.1) is 0 Å². The number of hydrogen-bond donors (Lipinski definition) is 0. The molecule has 126 valence electrons. The Morgan fingerprint density at radius 2 is 2.00 bits per heavy atom. The maximum atomic E-state index is 13.4. The van der Waals surface area contributed by atoms with Gasteiger partial charge in [0, 0.05) is 29.2 Å². The molecule has 0 bridgehead atoms. The number of hydrogen-bond acceptors (Lipinski definition) is 4. The van der Waals surface area contributed by atoms with Crippen LogP contribution in [0.5, 0.6) is 0 Å². The fourth-order valence-corrected chi connectivity index (χ4v) is 3.01. The van der Waals surface area contributed by atoms with Gasteiger partial charge in [-0.3, -0.25) is 4.79 Å². The molecule has 1 atom stereocenters. The van der Waals surface area contributed by atoms with Crippen LogP contribution in [0.15, 0.2) is 53.1 Å². The number of benzene rings is 2. The third-order valence-electron chi connectivity index (χ3n) is 4.14. The van der Waals surface area contributed by atoms with E-state index in [-0.39, 0.29) is 24.1 Å². The van der Waals surface area contributed by atoms with Gasteiger partial charge >= 0.3 is 0 Å². The lowest BCUT2D eigenvalue weighted by Gasteiger charge is -2.15. The van der Waals surface area contributed by atoms with E-state index in [1.165, 1.54) is 12.1 Å². The van der Waals surface area contributed by atoms with Gasteiger partial charge in [-0.25, -0.2) is 4.39 Å². The van der Waals surface area contributed by atoms with Gasteiger partial charge in [0.1, 0.15) is 5.82 Å². The van der Waals surface area contributed by atoms with Crippen molar-refractivity contribution in [3.63, 3.8) is 0 Å². The SMILES string of the molecule is O=C1CC(c2nc(-c3ccc(Cl)cc3)no2)CN1c1cccc(F)c1. The van der Waals surface area contributed by atoms with Crippen LogP contribution in [0.2, 0.25) is 5.02 Å². The van der Waals surface area contributed by atoms with E-state index in [2.05, 4.69) is 10.1 Å². The van der Waals surface area contributed by atoms with Crippen LogP contribution in [-0.4, -0.2) is 22.6 Å². The summed E-state index contributed by atoms with van der Waals surface area (Å²) >= 11 is 5.88. The summed E-state index contributed by atoms with van der Waals surface area (Å²) in [4.78, 5) is 18.2. The van der Waals surface area contributed by atoms with Gasteiger partial charge in [-0.2, -0.15) is 4.98 Å². The molecule has 0 N–H and O–H groups in total. The van der Waals surface area contributed by atoms with E-state index < -0.39 is 0 Å². The maximum Gasteiger partial charge on any atom is 0.232 e. The second-order valence-electron chi connectivity index (χ2n) is 5.85. The Labute approximate surface area is 148 Å². The molecule has 1 aliphatic rings. The third-order valence-corrected chi connectivity index (χ3v) is 4.39. The zero-order valence-electron chi connectivity index (χ0n) is 13.0. The lowest BCUT2D eigenvalue weighted by Crippen LogP contribution is -2.24. The molecule has 0 spiro atoms. The highest BCUT2D eigenvalue weighted by atomic mass is 35.5. The van der Waals surface area contributed by atoms with Crippen molar-refractivity contribution >= 4 is 23.2 Å². The van der Waals surface area contributed by atoms with Gasteiger partial charge in [0.15, 0.2) is 0 Å². The molecule has 0 aliphatic carbocycles. The topological polar surface area (TPSA) is 59.2 Å². The first-order valence-electron chi connectivity index (χ1n) is 7.75. The Balaban J connectivity index is 1.55. The summed E-state index contributed by atoms with van der Waals surface area (Å²) in [6.07, 6.45) is 0.249. The first-order valence-corrected chi connectivity index (χ1v) is 8.13. The molecule has 2 heterocycles. The van der Waals surface area contributed by atoms with E-state index in [1.807, 2.05) is 0 Å². The van der Waals surface area contributed by atoms with Crippen LogP contribution in [0.25, 0.3) is 11.4 Å². The molecule has 5 nitrogen and oxygen atoms in total. The summed E-state index contributed by atoms with van der Waals surface area (Å²) < 4.78 is 18.7. The van der Waals surface area contributed by atoms with Crippen molar-refractivity contribution in [1.82, 2.24) is 10.1 Å². The van der Waals surface area contributed by atoms with Crippen LogP contribution < -0.4 is 4.90 Å². The number of aromatic nitrogens is 2. The highest BCUT2D eigenvalue weighted by Crippen LogP contribution is 2.32. The van der Waals surface area contributed by atoms with Crippen molar-refractivity contribution < 1.29 is 13.7 Å². The quantitative estimate of drug-likeness (QED) is 0.709. The summed E-state index contributed by atoms with van der Waals surface area (Å²) in [5, 5.41) is 4.60. The molecule has 1 unspecified atom stereocenters. The lowest BCUT2D eigenvalue weighted by atomic mass is 10.1. The predicted molar refractivity (Wildman–Crippen MR) is 90.9 cm³/mol. The van der Waals surface area contributed by atoms with Crippen molar-refractivity contribution in [1.29, 1.82) is 0 Å². The van der Waals surface area contributed by atoms with Gasteiger partial charge in [0.25, 0.3) is 0 Å². The van der Waals surface area contributed by atoms with Crippen LogP contribution in [0.1, 0.15) is 18.2 Å². The molecule has 1 aliphatic heterocycles. The fraction of sp³-hybridized carbons (Fsp3) is 0.167. The second-order valence-corrected chi connectivity index (χ2v) is 6.28. The number of nitrogens with zero attached hydrogens (tertiary/aromatic N) is 3. The van der Waals surface area contributed by atoms with E-state index in [1.54, 1.807) is 41.3 Å². The summed E-state index contributed by atoms with van der Waals surface area (Å²) in [6, 6.07) is 13.1. The molecule has 4 rings (SSSR count). The van der Waals surface area contributed by atoms with E-state index in [0.29, 0.717) is 29.0 Å². The molecular weight excluding hydrogens is 345 g/mol. The highest BCUT2D eigenvalue weighted by molar-refractivity contribution is 6.30. The summed E-state index contributed by atoms with van der Waals surface area (Å²) in [5.74, 6) is 0.156. The van der Waals surface area contributed by atoms with Crippen molar-refractivity contribution in [2.75, 3.05) is 11.4 Å². The number of halogens is 2. The average Bonchev–Trinajstić information content (AvgIpc) is 3.22. The monoisotopic (exact) mass is 357 g/mol. The van der Waals surface area contributed by atoms with Crippen LogP contribution >= 0.6 is 11.6 Å².